The lowest BCUT2D eigenvalue weighted by molar-refractivity contribution is -0.0151. The van der Waals surface area contributed by atoms with E-state index in [4.69, 9.17) is 9.47 Å². The fraction of sp³-hybridized carbons (Fsp3) is 0.462. The summed E-state index contributed by atoms with van der Waals surface area (Å²) in [4.78, 5) is 0.177. The third-order valence-corrected chi connectivity index (χ3v) is 9.67. The van der Waals surface area contributed by atoms with Gasteiger partial charge in [0.15, 0.2) is 0 Å². The van der Waals surface area contributed by atoms with Crippen LogP contribution in [0, 0.1) is 11.8 Å². The van der Waals surface area contributed by atoms with Crippen molar-refractivity contribution >= 4 is 36.4 Å². The third-order valence-electron chi connectivity index (χ3n) is 6.64. The van der Waals surface area contributed by atoms with Gasteiger partial charge in [0, 0.05) is 42.4 Å². The number of aliphatic hydroxyl groups is 1. The highest BCUT2D eigenvalue weighted by molar-refractivity contribution is 7.93. The van der Waals surface area contributed by atoms with Crippen molar-refractivity contribution in [1.82, 2.24) is 0 Å². The van der Waals surface area contributed by atoms with Gasteiger partial charge in [-0.25, -0.2) is 8.42 Å². The van der Waals surface area contributed by atoms with E-state index in [0.717, 1.165) is 22.9 Å². The van der Waals surface area contributed by atoms with Crippen LogP contribution in [0.3, 0.4) is 0 Å². The first-order valence-corrected chi connectivity index (χ1v) is 14.2. The van der Waals surface area contributed by atoms with Gasteiger partial charge in [0.1, 0.15) is 16.9 Å². The number of hydrogen-bond acceptors (Lipinski definition) is 6. The van der Waals surface area contributed by atoms with Crippen LogP contribution in [0.25, 0.3) is 10.1 Å². The van der Waals surface area contributed by atoms with E-state index >= 15 is 0 Å². The molecule has 1 fully saturated rings. The van der Waals surface area contributed by atoms with Gasteiger partial charge in [-0.3, -0.25) is 4.31 Å². The Morgan fingerprint density at radius 2 is 1.88 bits per heavy atom. The molecule has 8 heteroatoms. The molecule has 0 amide bonds. The summed E-state index contributed by atoms with van der Waals surface area (Å²) >= 11 is 1.48. The van der Waals surface area contributed by atoms with Gasteiger partial charge in [-0.2, -0.15) is 0 Å². The minimum Gasteiger partial charge on any atom is -0.490 e. The first-order chi connectivity index (χ1) is 16.3. The molecule has 1 N–H and O–H groups in total. The lowest BCUT2D eigenvalue weighted by atomic mass is 9.87. The molecule has 1 saturated heterocycles. The Kier molecular flexibility index (Phi) is 6.59. The quantitative estimate of drug-likeness (QED) is 0.492. The van der Waals surface area contributed by atoms with E-state index in [1.54, 1.807) is 18.2 Å². The molecule has 6 nitrogen and oxygen atoms in total. The lowest BCUT2D eigenvalue weighted by Crippen LogP contribution is -2.36. The standard InChI is InChI=1S/C26H31NO5S2/c1-17(2)16-27(26-13-19-5-3-4-6-25(19)33-26)34(29,30)20-7-8-23-21(14-20)22(28)15-24(32-23)18-9-11-31-12-10-18/h3-8,13-14,17-18,22,24,28H,9-12,15-16H2,1-2H3. The second-order valence-electron chi connectivity index (χ2n) is 9.61. The van der Waals surface area contributed by atoms with Crippen LogP contribution in [0.15, 0.2) is 53.4 Å². The molecule has 5 rings (SSSR count). The van der Waals surface area contributed by atoms with Crippen LogP contribution in [-0.2, 0) is 14.8 Å². The first-order valence-electron chi connectivity index (χ1n) is 11.9. The van der Waals surface area contributed by atoms with Gasteiger partial charge < -0.3 is 14.6 Å². The molecule has 0 saturated carbocycles. The zero-order valence-electron chi connectivity index (χ0n) is 19.5. The number of ether oxygens (including phenoxy) is 2. The van der Waals surface area contributed by atoms with Crippen molar-refractivity contribution < 1.29 is 23.0 Å². The summed E-state index contributed by atoms with van der Waals surface area (Å²) in [6.07, 6.45) is 1.46. The van der Waals surface area contributed by atoms with Crippen molar-refractivity contribution in [2.45, 2.75) is 50.2 Å². The van der Waals surface area contributed by atoms with Crippen molar-refractivity contribution in [2.75, 3.05) is 24.1 Å². The largest absolute Gasteiger partial charge is 0.490 e. The molecule has 0 bridgehead atoms. The monoisotopic (exact) mass is 501 g/mol. The topological polar surface area (TPSA) is 76.1 Å². The maximum Gasteiger partial charge on any atom is 0.264 e. The highest BCUT2D eigenvalue weighted by Gasteiger charge is 2.35. The zero-order chi connectivity index (χ0) is 23.9. The predicted molar refractivity (Wildman–Crippen MR) is 135 cm³/mol. The van der Waals surface area contributed by atoms with Gasteiger partial charge in [-0.1, -0.05) is 32.0 Å². The number of aliphatic hydroxyl groups excluding tert-OH is 1. The minimum absolute atomic E-state index is 0.0788. The second-order valence-corrected chi connectivity index (χ2v) is 12.5. The summed E-state index contributed by atoms with van der Waals surface area (Å²) in [5.41, 5.74) is 0.547. The Hall–Kier alpha value is -2.13. The van der Waals surface area contributed by atoms with Gasteiger partial charge in [0.25, 0.3) is 10.0 Å². The number of rotatable bonds is 6. The lowest BCUT2D eigenvalue weighted by Gasteiger charge is -2.36. The van der Waals surface area contributed by atoms with Crippen molar-refractivity contribution in [3.05, 3.63) is 54.1 Å². The van der Waals surface area contributed by atoms with Crippen molar-refractivity contribution in [3.8, 4) is 5.75 Å². The fourth-order valence-electron chi connectivity index (χ4n) is 4.85. The second kappa shape index (κ2) is 9.49. The van der Waals surface area contributed by atoms with E-state index in [-0.39, 0.29) is 16.9 Å². The van der Waals surface area contributed by atoms with Gasteiger partial charge in [-0.05, 0) is 54.5 Å². The smallest absolute Gasteiger partial charge is 0.264 e. The Morgan fingerprint density at radius 1 is 1.12 bits per heavy atom. The van der Waals surface area contributed by atoms with E-state index in [0.29, 0.717) is 48.4 Å². The van der Waals surface area contributed by atoms with Crippen molar-refractivity contribution in [2.24, 2.45) is 11.8 Å². The summed E-state index contributed by atoms with van der Waals surface area (Å²) in [6.45, 7) is 5.83. The van der Waals surface area contributed by atoms with Gasteiger partial charge in [-0.15, -0.1) is 11.3 Å². The van der Waals surface area contributed by atoms with E-state index in [2.05, 4.69) is 0 Å². The molecule has 182 valence electrons. The zero-order valence-corrected chi connectivity index (χ0v) is 21.1. The number of benzene rings is 2. The third kappa shape index (κ3) is 4.56. The summed E-state index contributed by atoms with van der Waals surface area (Å²) in [5.74, 6) is 1.06. The van der Waals surface area contributed by atoms with Crippen LogP contribution in [0.4, 0.5) is 5.00 Å². The maximum absolute atomic E-state index is 13.8. The molecule has 1 aromatic heterocycles. The molecule has 2 unspecified atom stereocenters. The maximum atomic E-state index is 13.8. The summed E-state index contributed by atoms with van der Waals surface area (Å²) < 4.78 is 41.9. The summed E-state index contributed by atoms with van der Waals surface area (Å²) in [6, 6.07) is 14.8. The molecular weight excluding hydrogens is 470 g/mol. The predicted octanol–water partition coefficient (Wildman–Crippen LogP) is 5.36. The summed E-state index contributed by atoms with van der Waals surface area (Å²) in [7, 11) is -3.83. The molecule has 34 heavy (non-hydrogen) atoms. The van der Waals surface area contributed by atoms with Gasteiger partial charge in [0.2, 0.25) is 0 Å². The van der Waals surface area contributed by atoms with Crippen LogP contribution in [0.2, 0.25) is 0 Å². The van der Waals surface area contributed by atoms with Gasteiger partial charge in [0.05, 0.1) is 11.0 Å². The van der Waals surface area contributed by atoms with Crippen LogP contribution in [0.1, 0.15) is 44.8 Å². The highest BCUT2D eigenvalue weighted by Crippen LogP contribution is 2.41. The van der Waals surface area contributed by atoms with Crippen LogP contribution in [-0.4, -0.2) is 39.4 Å². The number of nitrogens with zero attached hydrogens (tertiary/aromatic N) is 1. The van der Waals surface area contributed by atoms with E-state index < -0.39 is 16.1 Å². The highest BCUT2D eigenvalue weighted by atomic mass is 32.2. The van der Waals surface area contributed by atoms with Crippen LogP contribution < -0.4 is 9.04 Å². The molecule has 3 heterocycles. The van der Waals surface area contributed by atoms with E-state index in [1.165, 1.54) is 15.6 Å². The molecule has 2 aliphatic rings. The van der Waals surface area contributed by atoms with Crippen LogP contribution >= 0.6 is 11.3 Å². The Labute approximate surface area is 205 Å². The molecule has 3 aromatic rings. The molecule has 0 spiro atoms. The Bertz CT molecular complexity index is 1230. The van der Waals surface area contributed by atoms with Crippen molar-refractivity contribution in [3.63, 3.8) is 0 Å². The number of anilines is 1. The molecule has 2 aromatic carbocycles. The SMILES string of the molecule is CC(C)CN(c1cc2ccccc2s1)S(=O)(=O)c1ccc2c(c1)C(O)CC(C1CCOCC1)O2. The molecular formula is C26H31NO5S2. The first kappa shape index (κ1) is 23.6. The van der Waals surface area contributed by atoms with Crippen molar-refractivity contribution in [1.29, 1.82) is 0 Å². The number of thiophene rings is 1. The number of sulfonamides is 1. The number of hydrogen-bond donors (Lipinski definition) is 1. The average molecular weight is 502 g/mol. The minimum atomic E-state index is -3.83. The molecule has 2 aliphatic heterocycles. The van der Waals surface area contributed by atoms with Crippen LogP contribution in [0.5, 0.6) is 5.75 Å². The molecule has 0 aliphatic carbocycles. The average Bonchev–Trinajstić information content (AvgIpc) is 3.26. The van der Waals surface area contributed by atoms with E-state index in [1.807, 2.05) is 44.2 Å². The Morgan fingerprint density at radius 3 is 2.62 bits per heavy atom. The Balaban J connectivity index is 1.47. The number of fused-ring (bicyclic) bond motifs is 2. The van der Waals surface area contributed by atoms with Gasteiger partial charge >= 0.3 is 0 Å². The van der Waals surface area contributed by atoms with E-state index in [9.17, 15) is 13.5 Å². The normalized spacial score (nSPS) is 21.4. The summed E-state index contributed by atoms with van der Waals surface area (Å²) in [5, 5.41) is 12.7. The molecule has 2 atom stereocenters. The molecule has 0 radical (unpaired) electrons. The fourth-order valence-corrected chi connectivity index (χ4v) is 7.78.